The molecular weight excluding hydrogens is 262 g/mol. The molecule has 20 heavy (non-hydrogen) atoms. The minimum atomic E-state index is -2.01. The van der Waals surface area contributed by atoms with Gasteiger partial charge < -0.3 is 20.3 Å². The van der Waals surface area contributed by atoms with Crippen LogP contribution in [0.25, 0.3) is 0 Å². The van der Waals surface area contributed by atoms with Gasteiger partial charge in [-0.05, 0) is 19.4 Å². The maximum absolute atomic E-state index is 12.1. The summed E-state index contributed by atoms with van der Waals surface area (Å²) in [7, 11) is 0. The summed E-state index contributed by atoms with van der Waals surface area (Å²) in [5, 5.41) is 20.7. The molecule has 0 spiro atoms. The van der Waals surface area contributed by atoms with Crippen LogP contribution in [0.5, 0.6) is 0 Å². The van der Waals surface area contributed by atoms with Crippen molar-refractivity contribution in [2.24, 2.45) is 0 Å². The lowest BCUT2D eigenvalue weighted by Crippen LogP contribution is -2.47. The Bertz CT molecular complexity index is 458. The Kier molecular flexibility index (Phi) is 5.66. The number of hydrogen-bond acceptors (Lipinski definition) is 4. The Morgan fingerprint density at radius 2 is 1.95 bits per heavy atom. The van der Waals surface area contributed by atoms with Crippen LogP contribution in [0.15, 0.2) is 30.3 Å². The fourth-order valence-corrected chi connectivity index (χ4v) is 1.55. The van der Waals surface area contributed by atoms with E-state index >= 15 is 0 Å². The van der Waals surface area contributed by atoms with E-state index in [-0.39, 0.29) is 0 Å². The molecule has 0 saturated carbocycles. The van der Waals surface area contributed by atoms with Crippen LogP contribution in [0.2, 0.25) is 0 Å². The highest BCUT2D eigenvalue weighted by Crippen LogP contribution is 2.17. The molecule has 0 bridgehead atoms. The third-order valence-corrected chi connectivity index (χ3v) is 2.74. The molecule has 1 rings (SSSR count). The third kappa shape index (κ3) is 4.32. The van der Waals surface area contributed by atoms with Crippen molar-refractivity contribution in [3.05, 3.63) is 35.9 Å². The SMILES string of the molecule is CCOC(C(=O)NCC(C)(O)C(=O)O)c1ccccc1. The molecule has 1 aromatic carbocycles. The van der Waals surface area contributed by atoms with Crippen molar-refractivity contribution in [3.8, 4) is 0 Å². The Balaban J connectivity index is 2.74. The number of hydrogen-bond donors (Lipinski definition) is 3. The van der Waals surface area contributed by atoms with E-state index in [1.165, 1.54) is 0 Å². The third-order valence-electron chi connectivity index (χ3n) is 2.74. The van der Waals surface area contributed by atoms with Crippen LogP contribution in [0.4, 0.5) is 0 Å². The number of carbonyl (C=O) groups excluding carboxylic acids is 1. The normalized spacial score (nSPS) is 15.2. The van der Waals surface area contributed by atoms with Gasteiger partial charge in [0.1, 0.15) is 0 Å². The highest BCUT2D eigenvalue weighted by atomic mass is 16.5. The maximum Gasteiger partial charge on any atom is 0.337 e. The van der Waals surface area contributed by atoms with Gasteiger partial charge in [-0.3, -0.25) is 4.79 Å². The van der Waals surface area contributed by atoms with Gasteiger partial charge in [-0.2, -0.15) is 0 Å². The Labute approximate surface area is 117 Å². The number of carboxylic acids is 1. The monoisotopic (exact) mass is 281 g/mol. The number of nitrogens with one attached hydrogen (secondary N) is 1. The Morgan fingerprint density at radius 3 is 2.45 bits per heavy atom. The molecule has 0 fully saturated rings. The molecule has 0 saturated heterocycles. The minimum absolute atomic E-state index is 0.336. The van der Waals surface area contributed by atoms with Crippen molar-refractivity contribution in [1.29, 1.82) is 0 Å². The van der Waals surface area contributed by atoms with Crippen LogP contribution in [0.3, 0.4) is 0 Å². The largest absolute Gasteiger partial charge is 0.479 e. The number of rotatable bonds is 7. The first kappa shape index (κ1) is 16.1. The molecule has 6 heteroatoms. The second-order valence-corrected chi connectivity index (χ2v) is 4.54. The highest BCUT2D eigenvalue weighted by molar-refractivity contribution is 5.84. The topological polar surface area (TPSA) is 95.9 Å². The lowest BCUT2D eigenvalue weighted by Gasteiger charge is -2.21. The van der Waals surface area contributed by atoms with E-state index in [0.29, 0.717) is 12.2 Å². The summed E-state index contributed by atoms with van der Waals surface area (Å²) in [6.07, 6.45) is -0.828. The van der Waals surface area contributed by atoms with E-state index in [1.54, 1.807) is 31.2 Å². The number of carboxylic acid groups (broad SMARTS) is 1. The summed E-state index contributed by atoms with van der Waals surface area (Å²) in [6.45, 7) is 2.82. The van der Waals surface area contributed by atoms with Gasteiger partial charge in [-0.25, -0.2) is 4.79 Å². The first-order valence-electron chi connectivity index (χ1n) is 6.28. The fourth-order valence-electron chi connectivity index (χ4n) is 1.55. The van der Waals surface area contributed by atoms with Crippen LogP contribution >= 0.6 is 0 Å². The first-order valence-corrected chi connectivity index (χ1v) is 6.28. The first-order chi connectivity index (χ1) is 9.38. The highest BCUT2D eigenvalue weighted by Gasteiger charge is 2.31. The summed E-state index contributed by atoms with van der Waals surface area (Å²) in [5.41, 5.74) is -1.34. The number of carbonyl (C=O) groups is 2. The van der Waals surface area contributed by atoms with Gasteiger partial charge in [0.05, 0.1) is 6.54 Å². The molecule has 6 nitrogen and oxygen atoms in total. The van der Waals surface area contributed by atoms with E-state index in [4.69, 9.17) is 9.84 Å². The summed E-state index contributed by atoms with van der Waals surface area (Å²) in [6, 6.07) is 8.87. The number of benzene rings is 1. The second kappa shape index (κ2) is 7.02. The number of aliphatic hydroxyl groups is 1. The van der Waals surface area contributed by atoms with E-state index in [9.17, 15) is 14.7 Å². The lowest BCUT2D eigenvalue weighted by molar-refractivity contribution is -0.156. The maximum atomic E-state index is 12.1. The van der Waals surface area contributed by atoms with Crippen molar-refractivity contribution < 1.29 is 24.5 Å². The zero-order valence-corrected chi connectivity index (χ0v) is 11.5. The predicted molar refractivity (Wildman–Crippen MR) is 72.1 cm³/mol. The Hall–Kier alpha value is -1.92. The standard InChI is InChI=1S/C14H19NO5/c1-3-20-11(10-7-5-4-6-8-10)12(16)15-9-14(2,19)13(17)18/h4-8,11,19H,3,9H2,1-2H3,(H,15,16)(H,17,18). The predicted octanol–water partition coefficient (Wildman–Crippen LogP) is 0.716. The molecule has 1 amide bonds. The van der Waals surface area contributed by atoms with Crippen molar-refractivity contribution >= 4 is 11.9 Å². The van der Waals surface area contributed by atoms with Gasteiger partial charge in [0, 0.05) is 6.61 Å². The van der Waals surface area contributed by atoms with E-state index < -0.39 is 30.1 Å². The molecule has 110 valence electrons. The molecular formula is C14H19NO5. The quantitative estimate of drug-likeness (QED) is 0.684. The minimum Gasteiger partial charge on any atom is -0.479 e. The molecule has 0 heterocycles. The molecule has 0 aliphatic rings. The van der Waals surface area contributed by atoms with Gasteiger partial charge in [0.15, 0.2) is 11.7 Å². The van der Waals surface area contributed by atoms with Gasteiger partial charge in [-0.15, -0.1) is 0 Å². The van der Waals surface area contributed by atoms with Crippen molar-refractivity contribution in [2.75, 3.05) is 13.2 Å². The van der Waals surface area contributed by atoms with Crippen LogP contribution in [0.1, 0.15) is 25.5 Å². The van der Waals surface area contributed by atoms with Gasteiger partial charge in [0.25, 0.3) is 5.91 Å². The summed E-state index contributed by atoms with van der Waals surface area (Å²) in [5.74, 6) is -1.88. The average Bonchev–Trinajstić information content (AvgIpc) is 2.43. The van der Waals surface area contributed by atoms with E-state index in [0.717, 1.165) is 6.92 Å². The fraction of sp³-hybridized carbons (Fsp3) is 0.429. The molecule has 2 atom stereocenters. The number of aliphatic carboxylic acids is 1. The lowest BCUT2D eigenvalue weighted by atomic mass is 10.1. The van der Waals surface area contributed by atoms with Crippen molar-refractivity contribution in [2.45, 2.75) is 25.6 Å². The van der Waals surface area contributed by atoms with Crippen LogP contribution in [0, 0.1) is 0 Å². The van der Waals surface area contributed by atoms with Gasteiger partial charge >= 0.3 is 5.97 Å². The molecule has 1 aromatic rings. The van der Waals surface area contributed by atoms with E-state index in [2.05, 4.69) is 5.32 Å². The van der Waals surface area contributed by atoms with E-state index in [1.807, 2.05) is 6.07 Å². The summed E-state index contributed by atoms with van der Waals surface area (Å²) >= 11 is 0. The molecule has 3 N–H and O–H groups in total. The number of ether oxygens (including phenoxy) is 1. The Morgan fingerprint density at radius 1 is 1.35 bits per heavy atom. The van der Waals surface area contributed by atoms with Gasteiger partial charge in [-0.1, -0.05) is 30.3 Å². The van der Waals surface area contributed by atoms with Crippen molar-refractivity contribution in [1.82, 2.24) is 5.32 Å². The molecule has 0 aromatic heterocycles. The average molecular weight is 281 g/mol. The molecule has 2 unspecified atom stereocenters. The summed E-state index contributed by atoms with van der Waals surface area (Å²) < 4.78 is 5.37. The number of amides is 1. The van der Waals surface area contributed by atoms with Crippen LogP contribution in [-0.4, -0.2) is 40.8 Å². The molecule has 0 radical (unpaired) electrons. The van der Waals surface area contributed by atoms with Crippen LogP contribution in [-0.2, 0) is 14.3 Å². The van der Waals surface area contributed by atoms with Crippen molar-refractivity contribution in [3.63, 3.8) is 0 Å². The van der Waals surface area contributed by atoms with Crippen LogP contribution < -0.4 is 5.32 Å². The van der Waals surface area contributed by atoms with Gasteiger partial charge in [0.2, 0.25) is 0 Å². The molecule has 0 aliphatic heterocycles. The zero-order valence-electron chi connectivity index (χ0n) is 11.5. The second-order valence-electron chi connectivity index (χ2n) is 4.54. The molecule has 0 aliphatic carbocycles. The zero-order chi connectivity index (χ0) is 15.2. The smallest absolute Gasteiger partial charge is 0.337 e. The summed E-state index contributed by atoms with van der Waals surface area (Å²) in [4.78, 5) is 22.8.